The van der Waals surface area contributed by atoms with Crippen LogP contribution in [-0.4, -0.2) is 86.1 Å². The third-order valence-electron chi connectivity index (χ3n) is 15.4. The van der Waals surface area contributed by atoms with Gasteiger partial charge < -0.3 is 50.9 Å². The quantitative estimate of drug-likeness (QED) is 0.0598. The van der Waals surface area contributed by atoms with Crippen LogP contribution < -0.4 is 15.0 Å². The van der Waals surface area contributed by atoms with Crippen molar-refractivity contribution in [3.63, 3.8) is 0 Å². The lowest BCUT2D eigenvalue weighted by Crippen LogP contribution is -2.41. The number of Topliss-reactive ketones (excluding diaryl/α,β-unsaturated/α-hetero) is 2. The minimum absolute atomic E-state index is 0.0145. The molecule has 10 rings (SSSR count). The van der Waals surface area contributed by atoms with Gasteiger partial charge in [0.25, 0.3) is 0 Å². The van der Waals surface area contributed by atoms with Crippen LogP contribution in [0.4, 0.5) is 5.82 Å². The second-order valence-electron chi connectivity index (χ2n) is 20.1. The third-order valence-corrected chi connectivity index (χ3v) is 15.4. The molecule has 12 nitrogen and oxygen atoms in total. The fourth-order valence-corrected chi connectivity index (χ4v) is 11.7. The number of fused-ring (bicyclic) bond motifs is 8. The molecule has 0 spiro atoms. The minimum Gasteiger partial charge on any atom is -0.664 e. The lowest BCUT2D eigenvalue weighted by atomic mass is 9.65. The van der Waals surface area contributed by atoms with Crippen molar-refractivity contribution in [2.75, 3.05) is 20.2 Å². The number of rotatable bonds is 8. The van der Waals surface area contributed by atoms with E-state index in [2.05, 4.69) is 34.3 Å². The molecular weight excluding hydrogens is 881 g/mol. The molecule has 0 saturated heterocycles. The maximum absolute atomic E-state index is 15.9. The smallest absolute Gasteiger partial charge is 0.161 e. The molecule has 70 heavy (non-hydrogen) atoms. The van der Waals surface area contributed by atoms with Crippen molar-refractivity contribution in [3.05, 3.63) is 146 Å². The molecule has 5 aromatic rings. The number of ketones is 2. The van der Waals surface area contributed by atoms with Gasteiger partial charge in [0.1, 0.15) is 11.5 Å². The lowest BCUT2D eigenvalue weighted by Gasteiger charge is -2.42. The number of phenols is 2. The Labute approximate surface area is 409 Å². The van der Waals surface area contributed by atoms with Crippen LogP contribution in [0.25, 0.3) is 17.5 Å². The van der Waals surface area contributed by atoms with Crippen LogP contribution >= 0.6 is 0 Å². The van der Waals surface area contributed by atoms with Crippen molar-refractivity contribution in [2.24, 2.45) is 17.8 Å². The standard InChI is InChI=1S/C58H62N4O8/c1-59-33-39-12-13-48-46-31-49-44(18-23-60-49)47(32-58(69)20-15-36-5-4-8-50(64)43(36)16-21-58)54(46)56(68)45(19-24-63)51(65)14-10-35-27-41(55(67)53(28-35)70-42-6-2-3-7-42)26-34-9-11-37(30-52(39)66)40(25-34)29-38-17-22-61-57(38)62-48/h4-5,8-9,11,16-18,21-23,25,27-28,31,39,42,45,47-48,52,54,59,61,63-64,66-67,69H,2-3,6-7,10,14-15,19-20,24,26,29-30,32-33H2,1H3/q-2/t39-,45+,47-,48-,52-,54+,58+/m0/s1. The van der Waals surface area contributed by atoms with Crippen molar-refractivity contribution in [2.45, 2.75) is 113 Å². The first-order valence-corrected chi connectivity index (χ1v) is 25.0. The average molecular weight is 943 g/mol. The maximum Gasteiger partial charge on any atom is 0.161 e. The summed E-state index contributed by atoms with van der Waals surface area (Å²) in [7, 11) is 1.81. The number of aromatic amines is 1. The molecule has 3 aliphatic carbocycles. The molecule has 2 aliphatic heterocycles. The van der Waals surface area contributed by atoms with E-state index in [1.807, 2.05) is 55.7 Å². The Morgan fingerprint density at radius 3 is 2.59 bits per heavy atom. The van der Waals surface area contributed by atoms with Crippen molar-refractivity contribution in [1.82, 2.24) is 15.3 Å². The van der Waals surface area contributed by atoms with Gasteiger partial charge in [-0.15, -0.1) is 5.69 Å². The number of aromatic hydroxyl groups is 2. The van der Waals surface area contributed by atoms with Gasteiger partial charge in [-0.3, -0.25) is 9.59 Å². The number of aliphatic hydroxyl groups is 3. The summed E-state index contributed by atoms with van der Waals surface area (Å²) in [5.41, 5.74) is 7.15. The van der Waals surface area contributed by atoms with E-state index in [1.165, 1.54) is 0 Å². The summed E-state index contributed by atoms with van der Waals surface area (Å²) < 4.78 is 6.49. The number of benzene rings is 3. The van der Waals surface area contributed by atoms with Gasteiger partial charge in [-0.1, -0.05) is 96.2 Å². The molecule has 364 valence electrons. The fraction of sp³-hybridized carbons (Fsp3) is 0.414. The molecule has 7 N–H and O–H groups in total. The average Bonchev–Trinajstić information content (AvgIpc) is 4.13. The Morgan fingerprint density at radius 2 is 1.76 bits per heavy atom. The summed E-state index contributed by atoms with van der Waals surface area (Å²) >= 11 is 0. The third kappa shape index (κ3) is 9.73. The van der Waals surface area contributed by atoms with Crippen molar-refractivity contribution in [3.8, 4) is 29.1 Å². The van der Waals surface area contributed by atoms with E-state index in [4.69, 9.17) is 15.0 Å². The molecule has 0 radical (unpaired) electrons. The Balaban J connectivity index is 1.15. The number of aryl methyl sites for hydroxylation is 2. The van der Waals surface area contributed by atoms with Gasteiger partial charge in [0.15, 0.2) is 17.3 Å². The first-order valence-electron chi connectivity index (χ1n) is 25.0. The zero-order valence-corrected chi connectivity index (χ0v) is 39.7. The second-order valence-corrected chi connectivity index (χ2v) is 20.1. The number of hydrogen-bond acceptors (Lipinski definition) is 9. The molecule has 12 heteroatoms. The molecule has 3 aromatic carbocycles. The number of nitrogens with one attached hydrogen (secondary N) is 2. The van der Waals surface area contributed by atoms with E-state index in [-0.39, 0.29) is 49.1 Å². The second kappa shape index (κ2) is 20.2. The number of nitrogens with zero attached hydrogens (tertiary/aromatic N) is 2. The summed E-state index contributed by atoms with van der Waals surface area (Å²) in [5.74, 6) is 3.69. The molecule has 4 heterocycles. The van der Waals surface area contributed by atoms with E-state index < -0.39 is 53.8 Å². The topological polar surface area (TPSA) is 201 Å². The Hall–Kier alpha value is -6.36. The molecule has 1 saturated carbocycles. The van der Waals surface area contributed by atoms with Crippen LogP contribution in [0.2, 0.25) is 0 Å². The van der Waals surface area contributed by atoms with Gasteiger partial charge in [0.05, 0.1) is 29.6 Å². The lowest BCUT2D eigenvalue weighted by molar-refractivity contribution is -0.135. The molecule has 7 atom stereocenters. The van der Waals surface area contributed by atoms with E-state index in [1.54, 1.807) is 30.5 Å². The molecule has 0 unspecified atom stereocenters. The Kier molecular flexibility index (Phi) is 13.6. The molecule has 2 aromatic heterocycles. The van der Waals surface area contributed by atoms with Crippen LogP contribution in [0.15, 0.2) is 84.7 Å². The number of ether oxygens (including phenoxy) is 1. The normalized spacial score (nSPS) is 25.7. The number of H-pyrrole nitrogens is 1. The predicted octanol–water partition coefficient (Wildman–Crippen LogP) is 7.68. The molecule has 5 bridgehead atoms. The van der Waals surface area contributed by atoms with Crippen LogP contribution in [-0.2, 0) is 41.7 Å². The van der Waals surface area contributed by atoms with Gasteiger partial charge >= 0.3 is 0 Å². The van der Waals surface area contributed by atoms with Crippen LogP contribution in [0.1, 0.15) is 113 Å². The molecule has 1 fully saturated rings. The first-order chi connectivity index (χ1) is 34.0. The van der Waals surface area contributed by atoms with E-state index >= 15 is 4.79 Å². The number of hydrogen-bond donors (Lipinski definition) is 7. The van der Waals surface area contributed by atoms with Crippen molar-refractivity contribution < 1.29 is 39.9 Å². The van der Waals surface area contributed by atoms with E-state index in [0.29, 0.717) is 72.6 Å². The summed E-state index contributed by atoms with van der Waals surface area (Å²) in [6.45, 7) is -0.0473. The highest BCUT2D eigenvalue weighted by atomic mass is 16.5. The number of carbonyl (C=O) groups excluding carboxylic acids is 2. The summed E-state index contributed by atoms with van der Waals surface area (Å²) in [6, 6.07) is 18.2. The minimum atomic E-state index is -1.46. The van der Waals surface area contributed by atoms with Gasteiger partial charge in [0, 0.05) is 49.1 Å². The number of aliphatic hydroxyl groups excluding tert-OH is 2. The first kappa shape index (κ1) is 47.3. The molecule has 5 aliphatic rings. The highest BCUT2D eigenvalue weighted by Gasteiger charge is 2.45. The van der Waals surface area contributed by atoms with Crippen LogP contribution in [0, 0.1) is 29.6 Å². The zero-order chi connectivity index (χ0) is 48.5. The number of phenolic OH excluding ortho intramolecular Hbond substituents is 2. The number of carbonyl (C=O) groups is 2. The summed E-state index contributed by atoms with van der Waals surface area (Å²) in [4.78, 5) is 39.0. The van der Waals surface area contributed by atoms with Gasteiger partial charge in [-0.25, -0.2) is 0 Å². The van der Waals surface area contributed by atoms with E-state index in [0.717, 1.165) is 64.6 Å². The SMILES string of the molecule is CNC[C@@H]1C#C[C@@H]2[N-]c3[nH]ccc3Cc3cc(ccc3C[C@@H]1O)Cc1cc(cc(OC3CCCC3)c1O)CCC(=O)[C@@H](CCO)C(=O)[C@@H]1C2=Cc2[n-]ccc2[C@@H]1C[C@]1(O)C=Cc2c(O)cccc2CC1. The monoisotopic (exact) mass is 942 g/mol. The molecular formula is C58H62N4O8-2. The van der Waals surface area contributed by atoms with E-state index in [9.17, 15) is 30.3 Å². The number of aromatic nitrogens is 2. The maximum atomic E-state index is 15.9. The molecule has 0 amide bonds. The summed E-state index contributed by atoms with van der Waals surface area (Å²) in [6.07, 6.45) is 13.9. The van der Waals surface area contributed by atoms with Crippen LogP contribution in [0.3, 0.4) is 0 Å². The largest absolute Gasteiger partial charge is 0.664 e. The predicted molar refractivity (Wildman–Crippen MR) is 268 cm³/mol. The highest BCUT2D eigenvalue weighted by molar-refractivity contribution is 6.05. The van der Waals surface area contributed by atoms with Gasteiger partial charge in [-0.05, 0) is 135 Å². The Morgan fingerprint density at radius 1 is 0.914 bits per heavy atom. The Bertz CT molecular complexity index is 2890. The summed E-state index contributed by atoms with van der Waals surface area (Å²) in [5, 5.41) is 66.7. The van der Waals surface area contributed by atoms with Gasteiger partial charge in [-0.2, -0.15) is 6.20 Å². The van der Waals surface area contributed by atoms with Crippen LogP contribution in [0.5, 0.6) is 17.2 Å². The fourth-order valence-electron chi connectivity index (χ4n) is 11.7. The van der Waals surface area contributed by atoms with Crippen molar-refractivity contribution in [1.29, 1.82) is 0 Å². The zero-order valence-electron chi connectivity index (χ0n) is 39.7. The van der Waals surface area contributed by atoms with Crippen molar-refractivity contribution >= 4 is 29.5 Å². The van der Waals surface area contributed by atoms with Gasteiger partial charge in [0.2, 0.25) is 0 Å². The highest BCUT2D eigenvalue weighted by Crippen LogP contribution is 2.49.